The third-order valence-electron chi connectivity index (χ3n) is 3.60. The monoisotopic (exact) mass is 242 g/mol. The molecule has 0 aliphatic heterocycles. The van der Waals surface area contributed by atoms with Crippen LogP contribution in [0.25, 0.3) is 0 Å². The number of hydrogen-bond donors (Lipinski definition) is 1. The molecule has 0 aromatic carbocycles. The van der Waals surface area contributed by atoms with Crippen molar-refractivity contribution in [3.05, 3.63) is 0 Å². The molecule has 3 nitrogen and oxygen atoms in total. The van der Waals surface area contributed by atoms with Crippen LogP contribution in [-0.2, 0) is 4.79 Å². The first-order chi connectivity index (χ1) is 8.05. The first-order valence-electron chi connectivity index (χ1n) is 7.05. The number of unbranched alkanes of at least 4 members (excludes halogenated alkanes) is 2. The summed E-state index contributed by atoms with van der Waals surface area (Å²) in [6.45, 7) is 10.5. The fourth-order valence-corrected chi connectivity index (χ4v) is 1.78. The molecule has 0 aliphatic rings. The molecule has 0 aromatic rings. The normalized spacial score (nSPS) is 14.4. The first-order valence-corrected chi connectivity index (χ1v) is 7.05. The zero-order valence-corrected chi connectivity index (χ0v) is 12.1. The Hall–Kier alpha value is -0.570. The predicted octanol–water partition coefficient (Wildman–Crippen LogP) is 2.79. The summed E-state index contributed by atoms with van der Waals surface area (Å²) in [6.07, 6.45) is 5.24. The maximum absolute atomic E-state index is 12.5. The van der Waals surface area contributed by atoms with Crippen molar-refractivity contribution in [1.82, 2.24) is 4.90 Å². The molecule has 0 radical (unpaired) electrons. The maximum Gasteiger partial charge on any atom is 0.229 e. The number of amides is 1. The zero-order chi connectivity index (χ0) is 13.3. The van der Waals surface area contributed by atoms with Crippen LogP contribution < -0.4 is 5.73 Å². The van der Waals surface area contributed by atoms with Crippen molar-refractivity contribution in [1.29, 1.82) is 0 Å². The lowest BCUT2D eigenvalue weighted by Gasteiger charge is -2.33. The first kappa shape index (κ1) is 16.4. The van der Waals surface area contributed by atoms with Gasteiger partial charge in [0.05, 0.1) is 5.41 Å². The van der Waals surface area contributed by atoms with Gasteiger partial charge in [-0.25, -0.2) is 0 Å². The lowest BCUT2D eigenvalue weighted by molar-refractivity contribution is -0.141. The summed E-state index contributed by atoms with van der Waals surface area (Å²) >= 11 is 0. The summed E-state index contributed by atoms with van der Waals surface area (Å²) in [5, 5.41) is 0. The van der Waals surface area contributed by atoms with Crippen molar-refractivity contribution < 1.29 is 4.79 Å². The molecule has 1 amide bonds. The van der Waals surface area contributed by atoms with Crippen molar-refractivity contribution in [3.8, 4) is 0 Å². The molecule has 1 atom stereocenters. The quantitative estimate of drug-likeness (QED) is 0.676. The molecular weight excluding hydrogens is 212 g/mol. The Morgan fingerprint density at radius 3 is 1.88 bits per heavy atom. The van der Waals surface area contributed by atoms with Crippen LogP contribution in [0.2, 0.25) is 0 Å². The van der Waals surface area contributed by atoms with Gasteiger partial charge < -0.3 is 10.6 Å². The Morgan fingerprint density at radius 2 is 1.59 bits per heavy atom. The molecule has 0 bridgehead atoms. The number of rotatable bonds is 9. The van der Waals surface area contributed by atoms with Gasteiger partial charge in [-0.15, -0.1) is 0 Å². The highest BCUT2D eigenvalue weighted by Gasteiger charge is 2.33. The van der Waals surface area contributed by atoms with Crippen LogP contribution in [-0.4, -0.2) is 30.4 Å². The van der Waals surface area contributed by atoms with E-state index in [0.29, 0.717) is 6.54 Å². The summed E-state index contributed by atoms with van der Waals surface area (Å²) in [4.78, 5) is 14.5. The summed E-state index contributed by atoms with van der Waals surface area (Å²) in [6, 6.07) is 0. The topological polar surface area (TPSA) is 46.3 Å². The Labute approximate surface area is 107 Å². The van der Waals surface area contributed by atoms with Gasteiger partial charge in [0.15, 0.2) is 0 Å². The van der Waals surface area contributed by atoms with Gasteiger partial charge in [-0.05, 0) is 26.2 Å². The van der Waals surface area contributed by atoms with Crippen molar-refractivity contribution in [3.63, 3.8) is 0 Å². The second-order valence-corrected chi connectivity index (χ2v) is 5.12. The smallest absolute Gasteiger partial charge is 0.229 e. The van der Waals surface area contributed by atoms with Gasteiger partial charge in [0.2, 0.25) is 5.91 Å². The maximum atomic E-state index is 12.5. The van der Waals surface area contributed by atoms with Crippen LogP contribution >= 0.6 is 0 Å². The summed E-state index contributed by atoms with van der Waals surface area (Å²) in [7, 11) is 0. The molecule has 102 valence electrons. The molecule has 0 heterocycles. The van der Waals surface area contributed by atoms with E-state index in [9.17, 15) is 4.79 Å². The Kier molecular flexibility index (Phi) is 8.23. The highest BCUT2D eigenvalue weighted by atomic mass is 16.2. The minimum Gasteiger partial charge on any atom is -0.342 e. The van der Waals surface area contributed by atoms with E-state index in [1.54, 1.807) is 0 Å². The van der Waals surface area contributed by atoms with Gasteiger partial charge in [-0.1, -0.05) is 33.6 Å². The average molecular weight is 242 g/mol. The van der Waals surface area contributed by atoms with Crippen LogP contribution in [0.4, 0.5) is 0 Å². The molecule has 0 saturated carbocycles. The Bertz CT molecular complexity index is 204. The Morgan fingerprint density at radius 1 is 1.12 bits per heavy atom. The molecule has 0 aromatic heterocycles. The van der Waals surface area contributed by atoms with Crippen molar-refractivity contribution in [2.24, 2.45) is 11.1 Å². The number of carbonyl (C=O) groups excluding carboxylic acids is 1. The second-order valence-electron chi connectivity index (χ2n) is 5.12. The minimum atomic E-state index is -0.374. The summed E-state index contributed by atoms with van der Waals surface area (Å²) in [5.74, 6) is 0.240. The van der Waals surface area contributed by atoms with Crippen LogP contribution in [0.15, 0.2) is 0 Å². The molecule has 0 rings (SSSR count). The third-order valence-corrected chi connectivity index (χ3v) is 3.60. The average Bonchev–Trinajstić information content (AvgIpc) is 2.37. The van der Waals surface area contributed by atoms with Gasteiger partial charge in [-0.2, -0.15) is 0 Å². The molecule has 3 heteroatoms. The van der Waals surface area contributed by atoms with E-state index >= 15 is 0 Å². The highest BCUT2D eigenvalue weighted by Crippen LogP contribution is 2.23. The predicted molar refractivity (Wildman–Crippen MR) is 73.8 cm³/mol. The van der Waals surface area contributed by atoms with E-state index in [-0.39, 0.29) is 11.3 Å². The fourth-order valence-electron chi connectivity index (χ4n) is 1.78. The zero-order valence-electron chi connectivity index (χ0n) is 12.1. The van der Waals surface area contributed by atoms with E-state index in [4.69, 9.17) is 5.73 Å². The van der Waals surface area contributed by atoms with Crippen molar-refractivity contribution >= 4 is 5.91 Å². The van der Waals surface area contributed by atoms with Gasteiger partial charge in [0.1, 0.15) is 0 Å². The van der Waals surface area contributed by atoms with E-state index in [1.165, 1.54) is 0 Å². The summed E-state index contributed by atoms with van der Waals surface area (Å²) in [5.41, 5.74) is 5.39. The van der Waals surface area contributed by atoms with Crippen LogP contribution in [0.1, 0.15) is 59.8 Å². The van der Waals surface area contributed by atoms with Crippen LogP contribution in [0.3, 0.4) is 0 Å². The van der Waals surface area contributed by atoms with E-state index in [2.05, 4.69) is 13.8 Å². The molecule has 17 heavy (non-hydrogen) atoms. The molecule has 0 saturated heterocycles. The summed E-state index contributed by atoms with van der Waals surface area (Å²) < 4.78 is 0. The van der Waals surface area contributed by atoms with E-state index in [0.717, 1.165) is 45.2 Å². The van der Waals surface area contributed by atoms with E-state index < -0.39 is 0 Å². The number of hydrogen-bond acceptors (Lipinski definition) is 2. The largest absolute Gasteiger partial charge is 0.342 e. The Balaban J connectivity index is 4.59. The van der Waals surface area contributed by atoms with E-state index in [1.807, 2.05) is 18.7 Å². The second kappa shape index (κ2) is 8.51. The molecule has 0 fully saturated rings. The van der Waals surface area contributed by atoms with Crippen molar-refractivity contribution in [2.45, 2.75) is 59.8 Å². The number of carbonyl (C=O) groups is 1. The van der Waals surface area contributed by atoms with Gasteiger partial charge in [0, 0.05) is 19.6 Å². The fraction of sp³-hybridized carbons (Fsp3) is 0.929. The SMILES string of the molecule is CCCCN(CCCC)C(=O)C(C)(CC)CN. The van der Waals surface area contributed by atoms with Crippen LogP contribution in [0, 0.1) is 5.41 Å². The standard InChI is InChI=1S/C14H30N2O/c1-5-8-10-16(11-9-6-2)13(17)14(4,7-3)12-15/h5-12,15H2,1-4H3. The lowest BCUT2D eigenvalue weighted by Crippen LogP contribution is -2.46. The highest BCUT2D eigenvalue weighted by molar-refractivity contribution is 5.82. The molecule has 0 aliphatic carbocycles. The third kappa shape index (κ3) is 5.07. The number of nitrogens with two attached hydrogens (primary N) is 1. The van der Waals surface area contributed by atoms with Crippen molar-refractivity contribution in [2.75, 3.05) is 19.6 Å². The molecule has 0 spiro atoms. The minimum absolute atomic E-state index is 0.240. The van der Waals surface area contributed by atoms with Crippen LogP contribution in [0.5, 0.6) is 0 Å². The van der Waals surface area contributed by atoms with Gasteiger partial charge in [-0.3, -0.25) is 4.79 Å². The molecule has 1 unspecified atom stereocenters. The molecule has 2 N–H and O–H groups in total. The van der Waals surface area contributed by atoms with Gasteiger partial charge in [0.25, 0.3) is 0 Å². The van der Waals surface area contributed by atoms with Gasteiger partial charge >= 0.3 is 0 Å². The lowest BCUT2D eigenvalue weighted by atomic mass is 9.86. The number of nitrogens with zero attached hydrogens (tertiary/aromatic N) is 1. The molecular formula is C14H30N2O.